The van der Waals surface area contributed by atoms with Gasteiger partial charge >= 0.3 is 5.97 Å². The van der Waals surface area contributed by atoms with Gasteiger partial charge in [0.2, 0.25) is 5.92 Å². The number of halogens is 3. The molecule has 242 valence electrons. The lowest BCUT2D eigenvalue weighted by Crippen LogP contribution is -2.48. The highest BCUT2D eigenvalue weighted by molar-refractivity contribution is 7.18. The topological polar surface area (TPSA) is 97.6 Å². The summed E-state index contributed by atoms with van der Waals surface area (Å²) in [6.45, 7) is 4.76. The lowest BCUT2D eigenvalue weighted by molar-refractivity contribution is -0.117. The number of aryl methyl sites for hydroxylation is 2. The highest BCUT2D eigenvalue weighted by atomic mass is 35.5. The van der Waals surface area contributed by atoms with Gasteiger partial charge in [-0.3, -0.25) is 14.3 Å². The summed E-state index contributed by atoms with van der Waals surface area (Å²) in [5, 5.41) is 11.8. The molecule has 2 fully saturated rings. The Morgan fingerprint density at radius 1 is 1.17 bits per heavy atom. The zero-order valence-corrected chi connectivity index (χ0v) is 27.5. The Morgan fingerprint density at radius 3 is 2.63 bits per heavy atom. The van der Waals surface area contributed by atoms with Gasteiger partial charge in [0.15, 0.2) is 0 Å². The number of thiophene rings is 1. The summed E-state index contributed by atoms with van der Waals surface area (Å²) < 4.78 is 35.6. The normalized spacial score (nSPS) is 19.8. The number of hydrogen-bond acceptors (Lipinski definition) is 7. The highest BCUT2D eigenvalue weighted by Gasteiger charge is 2.53. The summed E-state index contributed by atoms with van der Waals surface area (Å²) in [4.78, 5) is 37.4. The molecule has 0 aliphatic heterocycles. The Labute approximate surface area is 274 Å². The molecule has 0 saturated heterocycles. The SMILES string of the molecule is Cc1cc(-c2cc(Cl)ccc2OCCn2c(C)nc3c(c2=O)C[C@H](N(C)CC2CC(F)(F)C2)CC32CC2)c2scc(C(=O)O)c2n1. The summed E-state index contributed by atoms with van der Waals surface area (Å²) in [7, 11) is 2.00. The number of carbonyl (C=O) groups is 1. The first-order valence-corrected chi connectivity index (χ1v) is 16.8. The van der Waals surface area contributed by atoms with Crippen molar-refractivity contribution in [3.8, 4) is 16.9 Å². The number of fused-ring (bicyclic) bond motifs is 3. The molecular weight excluding hydrogens is 634 g/mol. The number of pyridine rings is 1. The average molecular weight is 669 g/mol. The van der Waals surface area contributed by atoms with Gasteiger partial charge in [-0.1, -0.05) is 11.6 Å². The van der Waals surface area contributed by atoms with Crippen molar-refractivity contribution < 1.29 is 23.4 Å². The van der Waals surface area contributed by atoms with Crippen LogP contribution in [0, 0.1) is 19.8 Å². The molecule has 0 unspecified atom stereocenters. The summed E-state index contributed by atoms with van der Waals surface area (Å²) in [5.41, 5.74) is 4.22. The van der Waals surface area contributed by atoms with Crippen LogP contribution >= 0.6 is 22.9 Å². The van der Waals surface area contributed by atoms with Gasteiger partial charge in [-0.2, -0.15) is 0 Å². The first-order chi connectivity index (χ1) is 21.8. The number of rotatable bonds is 9. The molecule has 4 aromatic rings. The van der Waals surface area contributed by atoms with E-state index in [4.69, 9.17) is 21.3 Å². The molecule has 1 aromatic carbocycles. The number of aromatic carboxylic acids is 1. The number of carboxylic acids is 1. The maximum absolute atomic E-state index is 14.0. The number of benzene rings is 1. The summed E-state index contributed by atoms with van der Waals surface area (Å²) in [6.07, 6.45) is 3.32. The molecule has 3 aromatic heterocycles. The van der Waals surface area contributed by atoms with Crippen molar-refractivity contribution in [1.29, 1.82) is 0 Å². The van der Waals surface area contributed by atoms with Crippen molar-refractivity contribution in [3.05, 3.63) is 73.4 Å². The largest absolute Gasteiger partial charge is 0.491 e. The molecule has 0 bridgehead atoms. The van der Waals surface area contributed by atoms with Crippen LogP contribution in [0.15, 0.2) is 34.4 Å². The predicted octanol–water partition coefficient (Wildman–Crippen LogP) is 6.89. The van der Waals surface area contributed by atoms with E-state index in [1.165, 1.54) is 11.3 Å². The van der Waals surface area contributed by atoms with Crippen molar-refractivity contribution in [3.63, 3.8) is 0 Å². The first-order valence-electron chi connectivity index (χ1n) is 15.6. The van der Waals surface area contributed by atoms with Gasteiger partial charge in [-0.25, -0.2) is 18.6 Å². The van der Waals surface area contributed by atoms with Crippen LogP contribution in [0.1, 0.15) is 65.2 Å². The number of aromatic nitrogens is 3. The number of nitrogens with zero attached hydrogens (tertiary/aromatic N) is 4. The van der Waals surface area contributed by atoms with E-state index in [1.54, 1.807) is 28.1 Å². The lowest BCUT2D eigenvalue weighted by Gasteiger charge is -2.42. The van der Waals surface area contributed by atoms with E-state index in [0.29, 0.717) is 46.3 Å². The third-order valence-electron chi connectivity index (χ3n) is 9.91. The summed E-state index contributed by atoms with van der Waals surface area (Å²) in [5.74, 6) is -2.39. The molecule has 3 heterocycles. The van der Waals surface area contributed by atoms with Crippen molar-refractivity contribution in [1.82, 2.24) is 19.4 Å². The molecule has 12 heteroatoms. The zero-order chi connectivity index (χ0) is 32.5. The van der Waals surface area contributed by atoms with E-state index in [0.717, 1.165) is 40.8 Å². The van der Waals surface area contributed by atoms with Gasteiger partial charge < -0.3 is 14.7 Å². The van der Waals surface area contributed by atoms with Crippen LogP contribution in [0.5, 0.6) is 5.75 Å². The second-order valence-electron chi connectivity index (χ2n) is 13.3. The lowest BCUT2D eigenvalue weighted by atomic mass is 9.78. The quantitative estimate of drug-likeness (QED) is 0.207. The fourth-order valence-corrected chi connectivity index (χ4v) is 8.57. The van der Waals surface area contributed by atoms with Crippen LogP contribution in [-0.2, 0) is 18.4 Å². The van der Waals surface area contributed by atoms with Gasteiger partial charge in [-0.15, -0.1) is 11.3 Å². The monoisotopic (exact) mass is 668 g/mol. The number of ether oxygens (including phenoxy) is 1. The van der Waals surface area contributed by atoms with E-state index in [2.05, 4.69) is 9.88 Å². The minimum absolute atomic E-state index is 0.00884. The third kappa shape index (κ3) is 5.60. The second-order valence-corrected chi connectivity index (χ2v) is 14.6. The predicted molar refractivity (Wildman–Crippen MR) is 174 cm³/mol. The van der Waals surface area contributed by atoms with E-state index < -0.39 is 11.9 Å². The molecule has 3 aliphatic rings. The molecule has 1 atom stereocenters. The molecular formula is C34H35ClF2N4O4S. The van der Waals surface area contributed by atoms with Crippen LogP contribution in [0.25, 0.3) is 21.3 Å². The standard InChI is InChI=1S/C34H35ClF2N4O4S/c1-18-10-24(29-28(38-18)26(17-46-29)32(43)44)23-11-21(35)4-5-27(23)45-9-8-41-19(2)39-30-25(31(41)42)12-22(15-33(30)6-7-33)40(3)16-20-13-34(36,37)14-20/h4-5,10-11,17,20,22H,6-9,12-16H2,1-3H3,(H,43,44)/t22-/m0/s1. The van der Waals surface area contributed by atoms with Crippen molar-refractivity contribution in [2.24, 2.45) is 5.92 Å². The average Bonchev–Trinajstić information content (AvgIpc) is 3.61. The summed E-state index contributed by atoms with van der Waals surface area (Å²) >= 11 is 7.72. The first kappa shape index (κ1) is 31.2. The maximum Gasteiger partial charge on any atom is 0.338 e. The van der Waals surface area contributed by atoms with Crippen molar-refractivity contribution in [2.75, 3.05) is 20.2 Å². The maximum atomic E-state index is 14.0. The highest BCUT2D eigenvalue weighted by Crippen LogP contribution is 2.55. The van der Waals surface area contributed by atoms with Gasteiger partial charge in [0.25, 0.3) is 5.56 Å². The number of likely N-dealkylation sites (N-methyl/N-ethyl adjacent to an activating group) is 1. The van der Waals surface area contributed by atoms with Crippen molar-refractivity contribution in [2.45, 2.75) is 76.3 Å². The van der Waals surface area contributed by atoms with Crippen LogP contribution in [0.2, 0.25) is 5.02 Å². The van der Waals surface area contributed by atoms with E-state index >= 15 is 0 Å². The minimum Gasteiger partial charge on any atom is -0.491 e. The molecule has 3 aliphatic carbocycles. The van der Waals surface area contributed by atoms with Crippen LogP contribution in [-0.4, -0.2) is 62.7 Å². The second kappa shape index (κ2) is 11.4. The Balaban J connectivity index is 1.13. The van der Waals surface area contributed by atoms with Crippen LogP contribution in [0.4, 0.5) is 8.78 Å². The minimum atomic E-state index is -2.54. The van der Waals surface area contributed by atoms with Gasteiger partial charge in [0.1, 0.15) is 18.2 Å². The van der Waals surface area contributed by atoms with E-state index in [9.17, 15) is 23.5 Å². The molecule has 2 saturated carbocycles. The summed E-state index contributed by atoms with van der Waals surface area (Å²) in [6, 6.07) is 7.31. The fourth-order valence-electron chi connectivity index (χ4n) is 7.39. The molecule has 0 radical (unpaired) electrons. The van der Waals surface area contributed by atoms with E-state index in [1.807, 2.05) is 27.0 Å². The number of hydrogen-bond donors (Lipinski definition) is 1. The fraction of sp³-hybridized carbons (Fsp3) is 0.471. The molecule has 0 amide bonds. The molecule has 1 N–H and O–H groups in total. The van der Waals surface area contributed by atoms with Crippen molar-refractivity contribution >= 4 is 39.1 Å². The number of carboxylic acid groups (broad SMARTS) is 1. The number of alkyl halides is 2. The molecule has 46 heavy (non-hydrogen) atoms. The third-order valence-corrected chi connectivity index (χ3v) is 11.1. The van der Waals surface area contributed by atoms with Crippen LogP contribution < -0.4 is 10.3 Å². The molecule has 7 rings (SSSR count). The Bertz CT molecular complexity index is 1930. The van der Waals surface area contributed by atoms with E-state index in [-0.39, 0.29) is 54.5 Å². The van der Waals surface area contributed by atoms with Gasteiger partial charge in [0.05, 0.1) is 28.0 Å². The smallest absolute Gasteiger partial charge is 0.338 e. The van der Waals surface area contributed by atoms with Crippen LogP contribution in [0.3, 0.4) is 0 Å². The molecule has 8 nitrogen and oxygen atoms in total. The Kier molecular flexibility index (Phi) is 7.72. The molecule has 1 spiro atoms. The zero-order valence-electron chi connectivity index (χ0n) is 25.9. The Hall–Kier alpha value is -3.41. The Morgan fingerprint density at radius 2 is 1.93 bits per heavy atom. The van der Waals surface area contributed by atoms with Gasteiger partial charge in [0, 0.05) is 63.6 Å². The van der Waals surface area contributed by atoms with Gasteiger partial charge in [-0.05, 0) is 76.8 Å².